The van der Waals surface area contributed by atoms with Gasteiger partial charge in [0.15, 0.2) is 0 Å². The Hall–Kier alpha value is -0.870. The van der Waals surface area contributed by atoms with Crippen molar-refractivity contribution in [2.24, 2.45) is 0 Å². The van der Waals surface area contributed by atoms with Crippen molar-refractivity contribution in [1.29, 1.82) is 0 Å². The van der Waals surface area contributed by atoms with Crippen LogP contribution in [0.15, 0.2) is 12.5 Å². The zero-order valence-corrected chi connectivity index (χ0v) is 8.06. The minimum absolute atomic E-state index is 0.192. The molecular weight excluding hydrogens is 178 g/mol. The normalized spacial score (nSPS) is 32.4. The highest BCUT2D eigenvalue weighted by Gasteiger charge is 2.31. The first-order chi connectivity index (χ1) is 6.84. The number of imidazole rings is 1. The van der Waals surface area contributed by atoms with E-state index in [0.717, 1.165) is 6.42 Å². The molecule has 1 aliphatic carbocycles. The third-order valence-electron chi connectivity index (χ3n) is 3.10. The lowest BCUT2D eigenvalue weighted by atomic mass is 10.1. The molecule has 1 aliphatic heterocycles. The maximum absolute atomic E-state index is 9.45. The summed E-state index contributed by atoms with van der Waals surface area (Å²) in [4.78, 5) is 4.19. The molecule has 0 bridgehead atoms. The fourth-order valence-corrected chi connectivity index (χ4v) is 2.18. The van der Waals surface area contributed by atoms with Crippen LogP contribution < -0.4 is 5.32 Å². The zero-order valence-electron chi connectivity index (χ0n) is 8.06. The van der Waals surface area contributed by atoms with E-state index in [-0.39, 0.29) is 6.10 Å². The van der Waals surface area contributed by atoms with Gasteiger partial charge >= 0.3 is 0 Å². The maximum atomic E-state index is 9.45. The summed E-state index contributed by atoms with van der Waals surface area (Å²) in [6.07, 6.45) is 7.02. The van der Waals surface area contributed by atoms with Gasteiger partial charge in [0.2, 0.25) is 0 Å². The molecule has 1 saturated carbocycles. The molecule has 0 spiro atoms. The Morgan fingerprint density at radius 3 is 3.00 bits per heavy atom. The van der Waals surface area contributed by atoms with Crippen molar-refractivity contribution in [3.63, 3.8) is 0 Å². The van der Waals surface area contributed by atoms with Crippen LogP contribution in [0.1, 0.15) is 37.0 Å². The number of rotatable bonds is 2. The number of hydrogen-bond acceptors (Lipinski definition) is 3. The summed E-state index contributed by atoms with van der Waals surface area (Å²) in [6, 6.07) is 0.972. The number of aliphatic hydroxyl groups excluding tert-OH is 1. The lowest BCUT2D eigenvalue weighted by Crippen LogP contribution is -2.17. The molecule has 2 N–H and O–H groups in total. The lowest BCUT2D eigenvalue weighted by Gasteiger charge is -2.12. The van der Waals surface area contributed by atoms with Crippen molar-refractivity contribution in [2.45, 2.75) is 37.5 Å². The number of hydrogen-bond donors (Lipinski definition) is 2. The van der Waals surface area contributed by atoms with E-state index >= 15 is 0 Å². The van der Waals surface area contributed by atoms with Crippen LogP contribution in [0.25, 0.3) is 0 Å². The second-order valence-corrected chi connectivity index (χ2v) is 4.31. The van der Waals surface area contributed by atoms with Gasteiger partial charge in [-0.3, -0.25) is 0 Å². The molecule has 14 heavy (non-hydrogen) atoms. The van der Waals surface area contributed by atoms with Crippen LogP contribution >= 0.6 is 0 Å². The molecular formula is C10H15N3O. The second-order valence-electron chi connectivity index (χ2n) is 4.31. The van der Waals surface area contributed by atoms with Crippen molar-refractivity contribution in [1.82, 2.24) is 14.9 Å². The minimum atomic E-state index is -0.192. The zero-order chi connectivity index (χ0) is 9.54. The molecule has 2 atom stereocenters. The number of nitrogens with zero attached hydrogens (tertiary/aromatic N) is 2. The molecule has 1 aromatic rings. The third kappa shape index (κ3) is 1.35. The summed E-state index contributed by atoms with van der Waals surface area (Å²) in [7, 11) is 0. The van der Waals surface area contributed by atoms with E-state index in [1.807, 2.05) is 12.5 Å². The first-order valence-corrected chi connectivity index (χ1v) is 5.28. The van der Waals surface area contributed by atoms with Crippen LogP contribution in [0.3, 0.4) is 0 Å². The van der Waals surface area contributed by atoms with Gasteiger partial charge in [-0.1, -0.05) is 0 Å². The van der Waals surface area contributed by atoms with E-state index in [0.29, 0.717) is 18.6 Å². The van der Waals surface area contributed by atoms with Crippen molar-refractivity contribution < 1.29 is 5.11 Å². The molecule has 2 heterocycles. The predicted octanol–water partition coefficient (Wildman–Crippen LogP) is 0.613. The lowest BCUT2D eigenvalue weighted by molar-refractivity contribution is 0.193. The number of nitrogens with one attached hydrogen (secondary N) is 1. The Morgan fingerprint density at radius 2 is 2.36 bits per heavy atom. The molecule has 0 radical (unpaired) electrons. The molecule has 2 fully saturated rings. The Labute approximate surface area is 83.0 Å². The summed E-state index contributed by atoms with van der Waals surface area (Å²) >= 11 is 0. The van der Waals surface area contributed by atoms with Gasteiger partial charge in [0.05, 0.1) is 24.2 Å². The first kappa shape index (κ1) is 8.44. The van der Waals surface area contributed by atoms with Crippen molar-refractivity contribution in [3.8, 4) is 0 Å². The molecule has 4 heteroatoms. The van der Waals surface area contributed by atoms with Gasteiger partial charge < -0.3 is 15.0 Å². The smallest absolute Gasteiger partial charge is 0.0951 e. The van der Waals surface area contributed by atoms with Gasteiger partial charge in [0.1, 0.15) is 0 Å². The van der Waals surface area contributed by atoms with Crippen molar-refractivity contribution in [3.05, 3.63) is 18.2 Å². The Kier molecular flexibility index (Phi) is 1.85. The predicted molar refractivity (Wildman–Crippen MR) is 51.9 cm³/mol. The van der Waals surface area contributed by atoms with Crippen LogP contribution in [0, 0.1) is 0 Å². The topological polar surface area (TPSA) is 50.1 Å². The highest BCUT2D eigenvalue weighted by molar-refractivity contribution is 5.11. The third-order valence-corrected chi connectivity index (χ3v) is 3.10. The molecule has 4 nitrogen and oxygen atoms in total. The Bertz CT molecular complexity index is 332. The maximum Gasteiger partial charge on any atom is 0.0951 e. The second kappa shape index (κ2) is 3.07. The summed E-state index contributed by atoms with van der Waals surface area (Å²) in [5.74, 6) is 0. The fraction of sp³-hybridized carbons (Fsp3) is 0.700. The average molecular weight is 193 g/mol. The van der Waals surface area contributed by atoms with Gasteiger partial charge in [-0.2, -0.15) is 0 Å². The molecule has 1 aromatic heterocycles. The van der Waals surface area contributed by atoms with E-state index in [1.165, 1.54) is 18.5 Å². The standard InChI is InChI=1S/C10H15N3O/c14-8-3-9(12-4-8)10-5-11-6-13(10)7-1-2-7/h5-9,12,14H,1-4H2. The summed E-state index contributed by atoms with van der Waals surface area (Å²) in [5.41, 5.74) is 1.24. The van der Waals surface area contributed by atoms with Crippen molar-refractivity contribution in [2.75, 3.05) is 6.54 Å². The van der Waals surface area contributed by atoms with E-state index in [1.54, 1.807) is 0 Å². The molecule has 0 amide bonds. The van der Waals surface area contributed by atoms with Crippen LogP contribution in [-0.4, -0.2) is 27.3 Å². The van der Waals surface area contributed by atoms with Crippen molar-refractivity contribution >= 4 is 0 Å². The average Bonchev–Trinajstić information content (AvgIpc) is 2.75. The van der Waals surface area contributed by atoms with Gasteiger partial charge in [-0.25, -0.2) is 4.98 Å². The molecule has 2 aliphatic rings. The van der Waals surface area contributed by atoms with E-state index in [9.17, 15) is 5.11 Å². The van der Waals surface area contributed by atoms with Gasteiger partial charge in [0.25, 0.3) is 0 Å². The minimum Gasteiger partial charge on any atom is -0.392 e. The van der Waals surface area contributed by atoms with Gasteiger partial charge in [-0.15, -0.1) is 0 Å². The highest BCUT2D eigenvalue weighted by Crippen LogP contribution is 2.37. The van der Waals surface area contributed by atoms with Gasteiger partial charge in [-0.05, 0) is 19.3 Å². The monoisotopic (exact) mass is 193 g/mol. The molecule has 1 saturated heterocycles. The van der Waals surface area contributed by atoms with Crippen LogP contribution in [0.4, 0.5) is 0 Å². The Morgan fingerprint density at radius 1 is 1.50 bits per heavy atom. The summed E-state index contributed by atoms with van der Waals surface area (Å²) in [6.45, 7) is 0.709. The van der Waals surface area contributed by atoms with E-state index < -0.39 is 0 Å². The van der Waals surface area contributed by atoms with E-state index in [2.05, 4.69) is 14.9 Å². The number of aliphatic hydroxyl groups is 1. The highest BCUT2D eigenvalue weighted by atomic mass is 16.3. The molecule has 3 rings (SSSR count). The number of β-amino-alcohol motifs (C(OH)–C–C–N with tert-alkyl or cyclic N) is 1. The largest absolute Gasteiger partial charge is 0.392 e. The molecule has 2 unspecified atom stereocenters. The van der Waals surface area contributed by atoms with Gasteiger partial charge in [0, 0.05) is 18.8 Å². The quantitative estimate of drug-likeness (QED) is 0.723. The van der Waals surface area contributed by atoms with Crippen LogP contribution in [0.5, 0.6) is 0 Å². The fourth-order valence-electron chi connectivity index (χ4n) is 2.18. The molecule has 0 aromatic carbocycles. The summed E-state index contributed by atoms with van der Waals surface area (Å²) in [5, 5.41) is 12.8. The Balaban J connectivity index is 1.84. The molecule has 76 valence electrons. The first-order valence-electron chi connectivity index (χ1n) is 5.28. The number of aromatic nitrogens is 2. The van der Waals surface area contributed by atoms with Crippen LogP contribution in [-0.2, 0) is 0 Å². The van der Waals surface area contributed by atoms with Crippen LogP contribution in [0.2, 0.25) is 0 Å². The van der Waals surface area contributed by atoms with E-state index in [4.69, 9.17) is 0 Å². The summed E-state index contributed by atoms with van der Waals surface area (Å²) < 4.78 is 2.26. The SMILES string of the molecule is OC1CNC(c2cncn2C2CC2)C1.